The second kappa shape index (κ2) is 6.20. The molecule has 1 fully saturated rings. The third-order valence-electron chi connectivity index (χ3n) is 3.32. The van der Waals surface area contributed by atoms with Gasteiger partial charge >= 0.3 is 0 Å². The Balaban J connectivity index is 1.74. The van der Waals surface area contributed by atoms with Crippen LogP contribution >= 0.6 is 11.6 Å². The van der Waals surface area contributed by atoms with E-state index in [-0.39, 0.29) is 5.95 Å². The molecule has 6 heteroatoms. The summed E-state index contributed by atoms with van der Waals surface area (Å²) in [6.07, 6.45) is 2.60. The van der Waals surface area contributed by atoms with Crippen LogP contribution in [0.3, 0.4) is 0 Å². The summed E-state index contributed by atoms with van der Waals surface area (Å²) in [7, 11) is 0. The van der Waals surface area contributed by atoms with Crippen molar-refractivity contribution in [2.24, 2.45) is 5.92 Å². The fraction of sp³-hybridized carbons (Fsp3) is 0.667. The van der Waals surface area contributed by atoms with Crippen molar-refractivity contribution < 1.29 is 0 Å². The first-order chi connectivity index (χ1) is 8.63. The zero-order valence-electron chi connectivity index (χ0n) is 10.7. The van der Waals surface area contributed by atoms with Crippen molar-refractivity contribution in [3.8, 4) is 0 Å². The highest BCUT2D eigenvalue weighted by Crippen LogP contribution is 2.16. The average Bonchev–Trinajstić information content (AvgIpc) is 2.30. The van der Waals surface area contributed by atoms with Gasteiger partial charge in [-0.2, -0.15) is 4.98 Å². The van der Waals surface area contributed by atoms with E-state index >= 15 is 0 Å². The first-order valence-corrected chi connectivity index (χ1v) is 6.77. The first-order valence-electron chi connectivity index (χ1n) is 6.40. The summed E-state index contributed by atoms with van der Waals surface area (Å²) in [6.45, 7) is 6.57. The average molecular weight is 270 g/mol. The van der Waals surface area contributed by atoms with Gasteiger partial charge in [-0.1, -0.05) is 18.5 Å². The van der Waals surface area contributed by atoms with Crippen LogP contribution in [-0.2, 0) is 0 Å². The van der Waals surface area contributed by atoms with Gasteiger partial charge in [0, 0.05) is 19.2 Å². The predicted molar refractivity (Wildman–Crippen MR) is 74.8 cm³/mol. The van der Waals surface area contributed by atoms with E-state index in [1.54, 1.807) is 6.07 Å². The van der Waals surface area contributed by atoms with Crippen molar-refractivity contribution >= 4 is 23.4 Å². The molecule has 2 heterocycles. The molecule has 18 heavy (non-hydrogen) atoms. The number of nitrogens with zero attached hydrogens (tertiary/aromatic N) is 3. The second-order valence-corrected chi connectivity index (χ2v) is 5.27. The number of anilines is 2. The lowest BCUT2D eigenvalue weighted by Gasteiger charge is -2.30. The Morgan fingerprint density at radius 1 is 1.44 bits per heavy atom. The molecule has 5 nitrogen and oxygen atoms in total. The van der Waals surface area contributed by atoms with Gasteiger partial charge in [0.05, 0.1) is 0 Å². The normalized spacial score (nSPS) is 17.9. The zero-order valence-corrected chi connectivity index (χ0v) is 11.5. The van der Waals surface area contributed by atoms with E-state index in [4.69, 9.17) is 17.3 Å². The summed E-state index contributed by atoms with van der Waals surface area (Å²) in [6, 6.07) is 1.69. The van der Waals surface area contributed by atoms with Crippen LogP contribution in [0, 0.1) is 5.92 Å². The highest BCUT2D eigenvalue weighted by atomic mass is 35.5. The Morgan fingerprint density at radius 3 is 2.83 bits per heavy atom. The van der Waals surface area contributed by atoms with Gasteiger partial charge in [0.25, 0.3) is 0 Å². The van der Waals surface area contributed by atoms with Crippen molar-refractivity contribution in [2.45, 2.75) is 19.8 Å². The summed E-state index contributed by atoms with van der Waals surface area (Å²) in [5, 5.41) is 3.60. The molecule has 0 spiro atoms. The molecule has 1 aliphatic rings. The van der Waals surface area contributed by atoms with Crippen molar-refractivity contribution in [2.75, 3.05) is 37.2 Å². The number of nitrogen functional groups attached to an aromatic ring is 1. The molecule has 1 saturated heterocycles. The molecule has 0 radical (unpaired) electrons. The van der Waals surface area contributed by atoms with Gasteiger partial charge in [-0.3, -0.25) is 0 Å². The third kappa shape index (κ3) is 3.99. The number of hydrogen-bond donors (Lipinski definition) is 2. The quantitative estimate of drug-likeness (QED) is 0.817. The van der Waals surface area contributed by atoms with Gasteiger partial charge < -0.3 is 16.0 Å². The Hall–Kier alpha value is -1.07. The number of nitrogens with one attached hydrogen (secondary N) is 1. The van der Waals surface area contributed by atoms with E-state index < -0.39 is 0 Å². The number of likely N-dealkylation sites (tertiary alicyclic amines) is 1. The highest BCUT2D eigenvalue weighted by Gasteiger charge is 2.14. The number of rotatable bonds is 4. The topological polar surface area (TPSA) is 67.1 Å². The molecule has 1 aromatic rings. The van der Waals surface area contributed by atoms with Gasteiger partial charge in [-0.25, -0.2) is 4.98 Å². The van der Waals surface area contributed by atoms with Crippen molar-refractivity contribution in [1.82, 2.24) is 14.9 Å². The predicted octanol–water partition coefficient (Wildman–Crippen LogP) is 1.86. The lowest BCUT2D eigenvalue weighted by molar-refractivity contribution is 0.199. The van der Waals surface area contributed by atoms with Gasteiger partial charge in [0.2, 0.25) is 5.95 Å². The number of piperidine rings is 1. The van der Waals surface area contributed by atoms with Crippen LogP contribution in [0.25, 0.3) is 0 Å². The van der Waals surface area contributed by atoms with Gasteiger partial charge in [-0.05, 0) is 31.8 Å². The maximum atomic E-state index is 5.81. The molecule has 100 valence electrons. The fourth-order valence-electron chi connectivity index (χ4n) is 2.15. The largest absolute Gasteiger partial charge is 0.369 e. The van der Waals surface area contributed by atoms with Crippen LogP contribution in [0.2, 0.25) is 5.15 Å². The van der Waals surface area contributed by atoms with E-state index in [9.17, 15) is 0 Å². The van der Waals surface area contributed by atoms with Crippen LogP contribution in [-0.4, -0.2) is 41.0 Å². The number of halogens is 1. The Labute approximate surface area is 113 Å². The minimum atomic E-state index is 0.205. The van der Waals surface area contributed by atoms with E-state index in [1.165, 1.54) is 25.9 Å². The Morgan fingerprint density at radius 2 is 2.17 bits per heavy atom. The molecular formula is C12H20ClN5. The van der Waals surface area contributed by atoms with E-state index in [0.29, 0.717) is 11.0 Å². The lowest BCUT2D eigenvalue weighted by atomic mass is 9.99. The molecule has 1 aliphatic heterocycles. The first kappa shape index (κ1) is 13.4. The smallest absolute Gasteiger partial charge is 0.223 e. The van der Waals surface area contributed by atoms with Gasteiger partial charge in [-0.15, -0.1) is 0 Å². The lowest BCUT2D eigenvalue weighted by Crippen LogP contribution is -2.36. The van der Waals surface area contributed by atoms with Crippen LogP contribution in [0.4, 0.5) is 11.8 Å². The summed E-state index contributed by atoms with van der Waals surface area (Å²) in [4.78, 5) is 10.4. The third-order valence-corrected chi connectivity index (χ3v) is 3.52. The Bertz CT molecular complexity index is 370. The van der Waals surface area contributed by atoms with E-state index in [1.807, 2.05) is 0 Å². The van der Waals surface area contributed by atoms with Gasteiger partial charge in [0.1, 0.15) is 11.0 Å². The molecule has 0 atom stereocenters. The van der Waals surface area contributed by atoms with E-state index in [2.05, 4.69) is 27.1 Å². The molecular weight excluding hydrogens is 250 g/mol. The maximum absolute atomic E-state index is 5.81. The SMILES string of the molecule is CC1CCN(CCNc2cc(Cl)nc(N)n2)CC1. The van der Waals surface area contributed by atoms with Crippen LogP contribution in [0.5, 0.6) is 0 Å². The molecule has 0 amide bonds. The van der Waals surface area contributed by atoms with Crippen molar-refractivity contribution in [3.63, 3.8) is 0 Å². The molecule has 0 aromatic carbocycles. The number of aromatic nitrogens is 2. The summed E-state index contributed by atoms with van der Waals surface area (Å²) < 4.78 is 0. The second-order valence-electron chi connectivity index (χ2n) is 4.89. The molecule has 0 aliphatic carbocycles. The van der Waals surface area contributed by atoms with Gasteiger partial charge in [0.15, 0.2) is 0 Å². The summed E-state index contributed by atoms with van der Waals surface area (Å²) in [5.41, 5.74) is 5.53. The molecule has 1 aromatic heterocycles. The highest BCUT2D eigenvalue weighted by molar-refractivity contribution is 6.29. The summed E-state index contributed by atoms with van der Waals surface area (Å²) >= 11 is 5.81. The van der Waals surface area contributed by atoms with Crippen molar-refractivity contribution in [3.05, 3.63) is 11.2 Å². The molecule has 0 saturated carbocycles. The molecule has 0 bridgehead atoms. The molecule has 2 rings (SSSR count). The standard InChI is InChI=1S/C12H20ClN5/c1-9-2-5-18(6-3-9)7-4-15-11-8-10(13)16-12(14)17-11/h8-9H,2-7H2,1H3,(H3,14,15,16,17). The fourth-order valence-corrected chi connectivity index (χ4v) is 2.34. The zero-order chi connectivity index (χ0) is 13.0. The number of hydrogen-bond acceptors (Lipinski definition) is 5. The number of nitrogens with two attached hydrogens (primary N) is 1. The van der Waals surface area contributed by atoms with Crippen LogP contribution in [0.15, 0.2) is 6.07 Å². The molecule has 3 N–H and O–H groups in total. The monoisotopic (exact) mass is 269 g/mol. The van der Waals surface area contributed by atoms with Crippen LogP contribution < -0.4 is 11.1 Å². The maximum Gasteiger partial charge on any atom is 0.223 e. The minimum absolute atomic E-state index is 0.205. The van der Waals surface area contributed by atoms with Crippen LogP contribution in [0.1, 0.15) is 19.8 Å². The minimum Gasteiger partial charge on any atom is -0.369 e. The van der Waals surface area contributed by atoms with E-state index in [0.717, 1.165) is 19.0 Å². The molecule has 0 unspecified atom stereocenters. The Kier molecular flexibility index (Phi) is 4.60. The summed E-state index contributed by atoms with van der Waals surface area (Å²) in [5.74, 6) is 1.77. The van der Waals surface area contributed by atoms with Crippen molar-refractivity contribution in [1.29, 1.82) is 0 Å².